The number of alkyl halides is 3. The third-order valence-electron chi connectivity index (χ3n) is 3.29. The minimum Gasteiger partial charge on any atom is -0.479 e. The van der Waals surface area contributed by atoms with Gasteiger partial charge in [0.25, 0.3) is 5.91 Å². The first-order valence-electron chi connectivity index (χ1n) is 6.95. The van der Waals surface area contributed by atoms with E-state index in [1.807, 2.05) is 0 Å². The standard InChI is InChI=1S/C15H14F3N3O4/c1-14(2,13(23)24)21-8-9(7-19-21)20-12(22)10-5-3-4-6-11(10)25-15(16,17)18/h3-8H,1-2H3,(H,20,22)(H,23,24). The maximum absolute atomic E-state index is 12.4. The van der Waals surface area contributed by atoms with Gasteiger partial charge in [0.05, 0.1) is 17.4 Å². The van der Waals surface area contributed by atoms with Crippen LogP contribution in [0, 0.1) is 0 Å². The molecule has 0 fully saturated rings. The summed E-state index contributed by atoms with van der Waals surface area (Å²) in [5, 5.41) is 15.3. The molecule has 0 aliphatic heterocycles. The number of carbonyl (C=O) groups excluding carboxylic acids is 1. The fraction of sp³-hybridized carbons (Fsp3) is 0.267. The van der Waals surface area contributed by atoms with E-state index in [0.717, 1.165) is 10.7 Å². The highest BCUT2D eigenvalue weighted by Crippen LogP contribution is 2.27. The maximum Gasteiger partial charge on any atom is 0.573 e. The Morgan fingerprint density at radius 3 is 2.48 bits per heavy atom. The summed E-state index contributed by atoms with van der Waals surface area (Å²) >= 11 is 0. The molecule has 1 aromatic carbocycles. The van der Waals surface area contributed by atoms with Crippen molar-refractivity contribution in [3.63, 3.8) is 0 Å². The van der Waals surface area contributed by atoms with Gasteiger partial charge in [0.15, 0.2) is 5.54 Å². The van der Waals surface area contributed by atoms with Gasteiger partial charge in [-0.15, -0.1) is 13.2 Å². The number of halogens is 3. The predicted octanol–water partition coefficient (Wildman–Crippen LogP) is 2.85. The van der Waals surface area contributed by atoms with Crippen LogP contribution in [0.25, 0.3) is 0 Å². The number of anilines is 1. The first-order valence-corrected chi connectivity index (χ1v) is 6.95. The van der Waals surface area contributed by atoms with E-state index in [-0.39, 0.29) is 11.3 Å². The molecule has 2 rings (SSSR count). The highest BCUT2D eigenvalue weighted by atomic mass is 19.4. The van der Waals surface area contributed by atoms with Crippen LogP contribution in [0.3, 0.4) is 0 Å². The number of benzene rings is 1. The maximum atomic E-state index is 12.4. The first kappa shape index (κ1) is 18.3. The summed E-state index contributed by atoms with van der Waals surface area (Å²) in [7, 11) is 0. The SMILES string of the molecule is CC(C)(C(=O)O)n1cc(NC(=O)c2ccccc2OC(F)(F)F)cn1. The monoisotopic (exact) mass is 357 g/mol. The molecule has 0 aliphatic rings. The number of aliphatic carboxylic acids is 1. The van der Waals surface area contributed by atoms with Gasteiger partial charge in [-0.3, -0.25) is 9.48 Å². The summed E-state index contributed by atoms with van der Waals surface area (Å²) in [6, 6.07) is 4.86. The van der Waals surface area contributed by atoms with Gasteiger partial charge in [-0.2, -0.15) is 5.10 Å². The topological polar surface area (TPSA) is 93.5 Å². The molecule has 0 atom stereocenters. The second kappa shape index (κ2) is 6.46. The molecule has 134 valence electrons. The number of hydrogen-bond acceptors (Lipinski definition) is 4. The van der Waals surface area contributed by atoms with Crippen molar-refractivity contribution in [2.24, 2.45) is 0 Å². The van der Waals surface area contributed by atoms with Crippen molar-refractivity contribution in [3.8, 4) is 5.75 Å². The Labute approximate surface area is 140 Å². The van der Waals surface area contributed by atoms with Crippen LogP contribution in [-0.4, -0.2) is 33.1 Å². The Hall–Kier alpha value is -3.04. The highest BCUT2D eigenvalue weighted by molar-refractivity contribution is 6.06. The number of carboxylic acid groups (broad SMARTS) is 1. The quantitative estimate of drug-likeness (QED) is 0.858. The summed E-state index contributed by atoms with van der Waals surface area (Å²) in [5.74, 6) is -2.64. The number of aromatic nitrogens is 2. The Morgan fingerprint density at radius 1 is 1.24 bits per heavy atom. The predicted molar refractivity (Wildman–Crippen MR) is 80.3 cm³/mol. The first-order chi connectivity index (χ1) is 11.5. The summed E-state index contributed by atoms with van der Waals surface area (Å²) < 4.78 is 42.1. The van der Waals surface area contributed by atoms with Crippen molar-refractivity contribution in [1.29, 1.82) is 0 Å². The third-order valence-corrected chi connectivity index (χ3v) is 3.29. The lowest BCUT2D eigenvalue weighted by Gasteiger charge is -2.19. The molecule has 1 heterocycles. The van der Waals surface area contributed by atoms with Gasteiger partial charge >= 0.3 is 12.3 Å². The van der Waals surface area contributed by atoms with Crippen LogP contribution in [0.1, 0.15) is 24.2 Å². The Bertz CT molecular complexity index is 799. The average molecular weight is 357 g/mol. The number of amides is 1. The van der Waals surface area contributed by atoms with Crippen molar-refractivity contribution >= 4 is 17.6 Å². The molecule has 1 amide bonds. The minimum atomic E-state index is -4.94. The van der Waals surface area contributed by atoms with Crippen LogP contribution >= 0.6 is 0 Å². The van der Waals surface area contributed by atoms with E-state index in [0.29, 0.717) is 0 Å². The zero-order valence-corrected chi connectivity index (χ0v) is 13.2. The zero-order chi connectivity index (χ0) is 18.8. The van der Waals surface area contributed by atoms with E-state index < -0.39 is 29.5 Å². The highest BCUT2D eigenvalue weighted by Gasteiger charge is 2.33. The number of para-hydroxylation sites is 1. The number of carboxylic acids is 1. The molecule has 0 aliphatic carbocycles. The van der Waals surface area contributed by atoms with Crippen LogP contribution < -0.4 is 10.1 Å². The normalized spacial score (nSPS) is 11.9. The fourth-order valence-electron chi connectivity index (χ4n) is 1.86. The molecule has 0 saturated heterocycles. The van der Waals surface area contributed by atoms with E-state index in [1.165, 1.54) is 44.4 Å². The molecule has 2 aromatic rings. The van der Waals surface area contributed by atoms with Crippen molar-refractivity contribution < 1.29 is 32.6 Å². The van der Waals surface area contributed by atoms with Gasteiger partial charge in [-0.05, 0) is 26.0 Å². The summed E-state index contributed by atoms with van der Waals surface area (Å²) in [6.45, 7) is 2.81. The van der Waals surface area contributed by atoms with Crippen molar-refractivity contribution in [3.05, 3.63) is 42.2 Å². The smallest absolute Gasteiger partial charge is 0.479 e. The second-order valence-corrected chi connectivity index (χ2v) is 5.54. The minimum absolute atomic E-state index is 0.126. The van der Waals surface area contributed by atoms with Crippen LogP contribution in [0.5, 0.6) is 5.75 Å². The molecule has 2 N–H and O–H groups in total. The summed E-state index contributed by atoms with van der Waals surface area (Å²) in [4.78, 5) is 23.4. The van der Waals surface area contributed by atoms with Gasteiger partial charge in [0, 0.05) is 6.20 Å². The third kappa shape index (κ3) is 4.28. The van der Waals surface area contributed by atoms with Crippen molar-refractivity contribution in [1.82, 2.24) is 9.78 Å². The van der Waals surface area contributed by atoms with Gasteiger partial charge in [0.1, 0.15) is 5.75 Å². The number of carbonyl (C=O) groups is 2. The van der Waals surface area contributed by atoms with E-state index in [4.69, 9.17) is 5.11 Å². The van der Waals surface area contributed by atoms with E-state index in [2.05, 4.69) is 15.2 Å². The van der Waals surface area contributed by atoms with Crippen LogP contribution in [0.15, 0.2) is 36.7 Å². The molecule has 0 saturated carbocycles. The van der Waals surface area contributed by atoms with Gasteiger partial charge in [-0.1, -0.05) is 12.1 Å². The second-order valence-electron chi connectivity index (χ2n) is 5.54. The number of hydrogen-bond donors (Lipinski definition) is 2. The molecule has 25 heavy (non-hydrogen) atoms. The number of rotatable bonds is 5. The summed E-state index contributed by atoms with van der Waals surface area (Å²) in [6.07, 6.45) is -2.48. The van der Waals surface area contributed by atoms with Crippen LogP contribution in [-0.2, 0) is 10.3 Å². The lowest BCUT2D eigenvalue weighted by molar-refractivity contribution is -0.274. The van der Waals surface area contributed by atoms with E-state index in [9.17, 15) is 22.8 Å². The largest absolute Gasteiger partial charge is 0.573 e. The van der Waals surface area contributed by atoms with Crippen LogP contribution in [0.2, 0.25) is 0 Å². The summed E-state index contributed by atoms with van der Waals surface area (Å²) in [5.41, 5.74) is -1.56. The van der Waals surface area contributed by atoms with Gasteiger partial charge in [0.2, 0.25) is 0 Å². The van der Waals surface area contributed by atoms with Crippen molar-refractivity contribution in [2.45, 2.75) is 25.7 Å². The van der Waals surface area contributed by atoms with Gasteiger partial charge < -0.3 is 15.2 Å². The zero-order valence-electron chi connectivity index (χ0n) is 13.2. The molecular formula is C15H14F3N3O4. The Morgan fingerprint density at radius 2 is 1.88 bits per heavy atom. The molecule has 7 nitrogen and oxygen atoms in total. The molecule has 1 aromatic heterocycles. The lowest BCUT2D eigenvalue weighted by Crippen LogP contribution is -2.35. The Kier molecular flexibility index (Phi) is 4.73. The number of ether oxygens (including phenoxy) is 1. The van der Waals surface area contributed by atoms with Crippen molar-refractivity contribution in [2.75, 3.05) is 5.32 Å². The molecule has 0 radical (unpaired) electrons. The van der Waals surface area contributed by atoms with E-state index in [1.54, 1.807) is 0 Å². The molecule has 0 bridgehead atoms. The number of nitrogens with one attached hydrogen (secondary N) is 1. The average Bonchev–Trinajstić information content (AvgIpc) is 2.95. The molecule has 0 unspecified atom stereocenters. The van der Waals surface area contributed by atoms with Gasteiger partial charge in [-0.25, -0.2) is 4.79 Å². The molecular weight excluding hydrogens is 343 g/mol. The fourth-order valence-corrected chi connectivity index (χ4v) is 1.86. The van der Waals surface area contributed by atoms with E-state index >= 15 is 0 Å². The Balaban J connectivity index is 2.22. The van der Waals surface area contributed by atoms with Crippen LogP contribution in [0.4, 0.5) is 18.9 Å². The molecule has 10 heteroatoms. The molecule has 0 spiro atoms. The number of nitrogens with zero attached hydrogens (tertiary/aromatic N) is 2. The lowest BCUT2D eigenvalue weighted by atomic mass is 10.1.